The van der Waals surface area contributed by atoms with E-state index in [4.69, 9.17) is 13.9 Å². The minimum atomic E-state index is -0.0575. The molecule has 0 saturated heterocycles. The van der Waals surface area contributed by atoms with Gasteiger partial charge < -0.3 is 13.9 Å². The van der Waals surface area contributed by atoms with Crippen LogP contribution in [0.1, 0.15) is 16.1 Å². The molecule has 0 N–H and O–H groups in total. The Morgan fingerprint density at radius 3 is 2.65 bits per heavy atom. The highest BCUT2D eigenvalue weighted by Gasteiger charge is 2.18. The molecule has 0 unspecified atom stereocenters. The molecule has 0 radical (unpaired) electrons. The Kier molecular flexibility index (Phi) is 6.32. The third-order valence-corrected chi connectivity index (χ3v) is 5.51. The maximum atomic E-state index is 12.8. The fourth-order valence-corrected chi connectivity index (χ4v) is 3.84. The van der Waals surface area contributed by atoms with E-state index in [2.05, 4.69) is 15.2 Å². The number of hydrogen-bond donors (Lipinski definition) is 0. The molecule has 9 heteroatoms. The van der Waals surface area contributed by atoms with Gasteiger partial charge in [-0.3, -0.25) is 14.3 Å². The van der Waals surface area contributed by atoms with Crippen LogP contribution in [0.3, 0.4) is 0 Å². The third kappa shape index (κ3) is 4.61. The van der Waals surface area contributed by atoms with Gasteiger partial charge in [0.25, 0.3) is 0 Å². The van der Waals surface area contributed by atoms with Crippen molar-refractivity contribution in [1.82, 2.24) is 19.7 Å². The second kappa shape index (κ2) is 9.48. The number of ketones is 1. The van der Waals surface area contributed by atoms with Gasteiger partial charge >= 0.3 is 0 Å². The second-order valence-electron chi connectivity index (χ2n) is 6.47. The number of rotatable bonds is 9. The predicted molar refractivity (Wildman–Crippen MR) is 116 cm³/mol. The summed E-state index contributed by atoms with van der Waals surface area (Å²) in [5.74, 6) is 2.58. The van der Waals surface area contributed by atoms with E-state index in [-0.39, 0.29) is 11.5 Å². The second-order valence-corrected chi connectivity index (χ2v) is 7.41. The van der Waals surface area contributed by atoms with Gasteiger partial charge in [0.05, 0.1) is 32.8 Å². The Morgan fingerprint density at radius 2 is 1.94 bits per heavy atom. The number of Topliss-reactive ketones (excluding diaryl/α,β-unsaturated/α-hetero) is 1. The zero-order chi connectivity index (χ0) is 21.6. The molecule has 0 amide bonds. The van der Waals surface area contributed by atoms with Gasteiger partial charge in [-0.2, -0.15) is 0 Å². The van der Waals surface area contributed by atoms with Crippen molar-refractivity contribution in [3.63, 3.8) is 0 Å². The van der Waals surface area contributed by atoms with Gasteiger partial charge in [-0.25, -0.2) is 0 Å². The van der Waals surface area contributed by atoms with E-state index in [1.165, 1.54) is 18.9 Å². The van der Waals surface area contributed by atoms with E-state index in [9.17, 15) is 4.79 Å². The highest BCUT2D eigenvalue weighted by atomic mass is 32.2. The van der Waals surface area contributed by atoms with E-state index >= 15 is 0 Å². The van der Waals surface area contributed by atoms with E-state index in [1.54, 1.807) is 37.8 Å². The number of methoxy groups -OCH3 is 2. The standard InChI is InChI=1S/C22H20N4O4S/c1-28-19-9-8-15(12-20(19)29-2)18(27)14-31-22-25-24-21(17-7-3-4-10-23-17)26(22)13-16-6-5-11-30-16/h3-12H,13-14H2,1-2H3. The van der Waals surface area contributed by atoms with Crippen LogP contribution in [0.4, 0.5) is 0 Å². The van der Waals surface area contributed by atoms with Crippen molar-refractivity contribution in [2.75, 3.05) is 20.0 Å². The number of hydrogen-bond acceptors (Lipinski definition) is 8. The summed E-state index contributed by atoms with van der Waals surface area (Å²) in [5.41, 5.74) is 1.23. The normalized spacial score (nSPS) is 10.8. The number of nitrogens with zero attached hydrogens (tertiary/aromatic N) is 4. The van der Waals surface area contributed by atoms with Crippen LogP contribution in [0.2, 0.25) is 0 Å². The molecule has 0 aliphatic heterocycles. The number of carbonyl (C=O) groups is 1. The summed E-state index contributed by atoms with van der Waals surface area (Å²) in [6.07, 6.45) is 3.32. The maximum absolute atomic E-state index is 12.8. The first-order valence-electron chi connectivity index (χ1n) is 9.44. The number of aromatic nitrogens is 4. The highest BCUT2D eigenvalue weighted by molar-refractivity contribution is 7.99. The van der Waals surface area contributed by atoms with Crippen LogP contribution in [-0.2, 0) is 6.54 Å². The number of furan rings is 1. The number of benzene rings is 1. The van der Waals surface area contributed by atoms with Crippen molar-refractivity contribution >= 4 is 17.5 Å². The molecule has 3 aromatic heterocycles. The third-order valence-electron chi connectivity index (χ3n) is 4.54. The van der Waals surface area contributed by atoms with E-state index < -0.39 is 0 Å². The number of ether oxygens (including phenoxy) is 2. The summed E-state index contributed by atoms with van der Waals surface area (Å²) in [6.45, 7) is 0.429. The number of pyridine rings is 1. The monoisotopic (exact) mass is 436 g/mol. The van der Waals surface area contributed by atoms with Gasteiger partial charge in [0, 0.05) is 11.8 Å². The average Bonchev–Trinajstić information content (AvgIpc) is 3.48. The highest BCUT2D eigenvalue weighted by Crippen LogP contribution is 2.29. The zero-order valence-corrected chi connectivity index (χ0v) is 17.8. The number of carbonyl (C=O) groups excluding carboxylic acids is 1. The Bertz CT molecular complexity index is 1160. The lowest BCUT2D eigenvalue weighted by atomic mass is 10.1. The zero-order valence-electron chi connectivity index (χ0n) is 17.0. The van der Waals surface area contributed by atoms with Crippen molar-refractivity contribution in [2.45, 2.75) is 11.7 Å². The van der Waals surface area contributed by atoms with Gasteiger partial charge in [-0.1, -0.05) is 17.8 Å². The summed E-state index contributed by atoms with van der Waals surface area (Å²) in [5, 5.41) is 9.21. The maximum Gasteiger partial charge on any atom is 0.192 e. The molecule has 0 fully saturated rings. The van der Waals surface area contributed by atoms with Crippen LogP contribution in [0.15, 0.2) is 70.6 Å². The van der Waals surface area contributed by atoms with Crippen LogP contribution in [0, 0.1) is 0 Å². The van der Waals surface area contributed by atoms with Crippen LogP contribution in [-0.4, -0.2) is 45.5 Å². The van der Waals surface area contributed by atoms with Crippen LogP contribution < -0.4 is 9.47 Å². The first-order chi connectivity index (χ1) is 15.2. The molecule has 0 spiro atoms. The largest absolute Gasteiger partial charge is 0.493 e. The molecule has 31 heavy (non-hydrogen) atoms. The lowest BCUT2D eigenvalue weighted by Gasteiger charge is -2.10. The molecule has 158 valence electrons. The summed E-state index contributed by atoms with van der Waals surface area (Å²) < 4.78 is 17.9. The van der Waals surface area contributed by atoms with Crippen molar-refractivity contribution in [3.8, 4) is 23.0 Å². The fourth-order valence-electron chi connectivity index (χ4n) is 3.00. The van der Waals surface area contributed by atoms with Crippen molar-refractivity contribution in [1.29, 1.82) is 0 Å². The van der Waals surface area contributed by atoms with E-state index in [0.717, 1.165) is 5.76 Å². The fraction of sp³-hybridized carbons (Fsp3) is 0.182. The Hall–Kier alpha value is -3.59. The van der Waals surface area contributed by atoms with Gasteiger partial charge in [-0.15, -0.1) is 10.2 Å². The van der Waals surface area contributed by atoms with Gasteiger partial charge in [0.15, 0.2) is 28.3 Å². The quantitative estimate of drug-likeness (QED) is 0.287. The van der Waals surface area contributed by atoms with Crippen LogP contribution in [0.5, 0.6) is 11.5 Å². The molecule has 0 atom stereocenters. The van der Waals surface area contributed by atoms with Gasteiger partial charge in [-0.05, 0) is 42.5 Å². The molecule has 1 aromatic carbocycles. The van der Waals surface area contributed by atoms with Crippen molar-refractivity contribution < 1.29 is 18.7 Å². The SMILES string of the molecule is COc1ccc(C(=O)CSc2nnc(-c3ccccn3)n2Cc2ccco2)cc1OC. The molecule has 0 aliphatic rings. The summed E-state index contributed by atoms with van der Waals surface area (Å²) >= 11 is 1.31. The molecule has 4 rings (SSSR count). The summed E-state index contributed by atoms with van der Waals surface area (Å²) in [6, 6.07) is 14.4. The molecule has 8 nitrogen and oxygen atoms in total. The number of thioether (sulfide) groups is 1. The predicted octanol–water partition coefficient (Wildman–Crippen LogP) is 3.97. The average molecular weight is 436 g/mol. The van der Waals surface area contributed by atoms with Crippen LogP contribution in [0.25, 0.3) is 11.5 Å². The molecule has 3 heterocycles. The summed E-state index contributed by atoms with van der Waals surface area (Å²) in [4.78, 5) is 17.2. The minimum Gasteiger partial charge on any atom is -0.493 e. The minimum absolute atomic E-state index is 0.0575. The molecule has 0 saturated carbocycles. The molecular formula is C22H20N4O4S. The van der Waals surface area contributed by atoms with E-state index in [1.807, 2.05) is 34.9 Å². The van der Waals surface area contributed by atoms with Gasteiger partial charge in [0.2, 0.25) is 0 Å². The molecule has 0 bridgehead atoms. The first-order valence-corrected chi connectivity index (χ1v) is 10.4. The smallest absolute Gasteiger partial charge is 0.192 e. The van der Waals surface area contributed by atoms with Crippen molar-refractivity contribution in [2.24, 2.45) is 0 Å². The Labute approximate surface area is 183 Å². The lowest BCUT2D eigenvalue weighted by molar-refractivity contribution is 0.102. The molecule has 4 aromatic rings. The first kappa shape index (κ1) is 20.7. The van der Waals surface area contributed by atoms with Crippen LogP contribution >= 0.6 is 11.8 Å². The van der Waals surface area contributed by atoms with Gasteiger partial charge in [0.1, 0.15) is 11.5 Å². The topological polar surface area (TPSA) is 92.3 Å². The Morgan fingerprint density at radius 1 is 1.06 bits per heavy atom. The molecule has 0 aliphatic carbocycles. The Balaban J connectivity index is 1.57. The van der Waals surface area contributed by atoms with Crippen molar-refractivity contribution in [3.05, 3.63) is 72.3 Å². The van der Waals surface area contributed by atoms with E-state index in [0.29, 0.717) is 40.3 Å². The molecular weight excluding hydrogens is 416 g/mol. The summed E-state index contributed by atoms with van der Waals surface area (Å²) in [7, 11) is 3.09. The lowest BCUT2D eigenvalue weighted by Crippen LogP contribution is -2.07.